The molecule has 0 fully saturated rings. The predicted octanol–water partition coefficient (Wildman–Crippen LogP) is 0.669. The number of carbonyl (C=O) groups is 2. The Morgan fingerprint density at radius 3 is 1.33 bits per heavy atom. The first-order chi connectivity index (χ1) is 11.4. The molecule has 0 bridgehead atoms. The Kier molecular flexibility index (Phi) is 10.8. The van der Waals surface area contributed by atoms with Crippen LogP contribution in [0.3, 0.4) is 0 Å². The molecule has 0 unspecified atom stereocenters. The third kappa shape index (κ3) is 7.21. The highest BCUT2D eigenvalue weighted by molar-refractivity contribution is 5.93. The number of hydrogen-bond acceptors (Lipinski definition) is 4. The molecule has 0 saturated heterocycles. The van der Waals surface area contributed by atoms with E-state index in [4.69, 9.17) is 10.2 Å². The van der Waals surface area contributed by atoms with Gasteiger partial charge in [-0.1, -0.05) is 37.5 Å². The van der Waals surface area contributed by atoms with Crippen LogP contribution in [0, 0.1) is 0 Å². The van der Waals surface area contributed by atoms with Gasteiger partial charge in [-0.25, -0.2) is 0 Å². The topological polar surface area (TPSA) is 81.1 Å². The molecule has 2 amide bonds. The van der Waals surface area contributed by atoms with Gasteiger partial charge in [-0.3, -0.25) is 9.59 Å². The van der Waals surface area contributed by atoms with Crippen LogP contribution >= 0.6 is 0 Å². The van der Waals surface area contributed by atoms with Gasteiger partial charge in [0.15, 0.2) is 0 Å². The Morgan fingerprint density at radius 1 is 0.750 bits per heavy atom. The summed E-state index contributed by atoms with van der Waals surface area (Å²) in [5, 5.41) is 18.0. The van der Waals surface area contributed by atoms with E-state index in [1.165, 1.54) is 9.80 Å². The minimum atomic E-state index is -0.402. The van der Waals surface area contributed by atoms with Crippen LogP contribution in [-0.2, 0) is 9.59 Å². The summed E-state index contributed by atoms with van der Waals surface area (Å²) >= 11 is 0. The summed E-state index contributed by atoms with van der Waals surface area (Å²) in [4.78, 5) is 26.9. The second-order valence-corrected chi connectivity index (χ2v) is 4.99. The van der Waals surface area contributed by atoms with Crippen LogP contribution in [0.4, 0.5) is 0 Å². The van der Waals surface area contributed by atoms with Crippen molar-refractivity contribution < 1.29 is 19.8 Å². The number of hydrogen-bond donors (Lipinski definition) is 2. The summed E-state index contributed by atoms with van der Waals surface area (Å²) in [6.45, 7) is 14.6. The van der Waals surface area contributed by atoms with Crippen LogP contribution in [0.15, 0.2) is 61.8 Å². The molecule has 24 heavy (non-hydrogen) atoms. The van der Waals surface area contributed by atoms with Crippen LogP contribution in [0.1, 0.15) is 0 Å². The number of aliphatic hydroxyl groups excluding tert-OH is 2. The van der Waals surface area contributed by atoms with Gasteiger partial charge < -0.3 is 20.0 Å². The fraction of sp³-hybridized carbons (Fsp3) is 0.333. The van der Waals surface area contributed by atoms with Crippen molar-refractivity contribution in [2.45, 2.75) is 0 Å². The van der Waals surface area contributed by atoms with Gasteiger partial charge in [0.05, 0.1) is 13.2 Å². The third-order valence-electron chi connectivity index (χ3n) is 3.08. The minimum Gasteiger partial charge on any atom is -0.391 e. The first kappa shape index (κ1) is 21.6. The highest BCUT2D eigenvalue weighted by Gasteiger charge is 2.15. The monoisotopic (exact) mass is 334 g/mol. The Hall–Kier alpha value is -2.44. The van der Waals surface area contributed by atoms with Gasteiger partial charge in [0, 0.05) is 37.3 Å². The Bertz CT molecular complexity index is 477. The molecule has 0 heterocycles. The lowest BCUT2D eigenvalue weighted by Crippen LogP contribution is -2.34. The van der Waals surface area contributed by atoms with Gasteiger partial charge in [-0.05, 0) is 0 Å². The normalized spacial score (nSPS) is 10.2. The molecule has 0 radical (unpaired) electrons. The highest BCUT2D eigenvalue weighted by atomic mass is 16.3. The lowest BCUT2D eigenvalue weighted by molar-refractivity contribution is -0.127. The van der Waals surface area contributed by atoms with Crippen molar-refractivity contribution in [3.8, 4) is 0 Å². The Balaban J connectivity index is 4.77. The maximum Gasteiger partial charge on any atom is 0.252 e. The zero-order valence-electron chi connectivity index (χ0n) is 14.0. The van der Waals surface area contributed by atoms with Crippen LogP contribution in [0.5, 0.6) is 0 Å². The molecule has 0 saturated carbocycles. The number of rotatable bonds is 12. The maximum absolute atomic E-state index is 12.0. The molecule has 6 nitrogen and oxygen atoms in total. The molecule has 0 aliphatic heterocycles. The van der Waals surface area contributed by atoms with Gasteiger partial charge >= 0.3 is 0 Å². The van der Waals surface area contributed by atoms with Gasteiger partial charge in [0.1, 0.15) is 0 Å². The smallest absolute Gasteiger partial charge is 0.252 e. The largest absolute Gasteiger partial charge is 0.391 e. The second-order valence-electron chi connectivity index (χ2n) is 4.99. The molecule has 0 aliphatic carbocycles. The highest BCUT2D eigenvalue weighted by Crippen LogP contribution is 2.02. The van der Waals surface area contributed by atoms with E-state index < -0.39 is 13.2 Å². The van der Waals surface area contributed by atoms with Gasteiger partial charge in [0.25, 0.3) is 11.8 Å². The fourth-order valence-electron chi connectivity index (χ4n) is 1.78. The van der Waals surface area contributed by atoms with Gasteiger partial charge in [0.2, 0.25) is 0 Å². The Morgan fingerprint density at radius 2 is 1.08 bits per heavy atom. The zero-order valence-corrected chi connectivity index (χ0v) is 14.0. The molecule has 6 heteroatoms. The summed E-state index contributed by atoms with van der Waals surface area (Å²) in [7, 11) is 0. The second kappa shape index (κ2) is 12.0. The summed E-state index contributed by atoms with van der Waals surface area (Å²) in [5.41, 5.74) is 0.209. The molecule has 0 atom stereocenters. The van der Waals surface area contributed by atoms with Crippen LogP contribution in [0.2, 0.25) is 0 Å². The third-order valence-corrected chi connectivity index (χ3v) is 3.08. The van der Waals surface area contributed by atoms with Crippen molar-refractivity contribution in [2.75, 3.05) is 39.4 Å². The quantitative estimate of drug-likeness (QED) is 0.406. The standard InChI is InChI=1S/C18H26N2O4/c1-5-9-19(17(23)15(3)13-21)11-7-8-12-20(10-6-2)18(24)16(4)14-22/h5-8,21-22H,1-4,9-14H2/b8-7+. The van der Waals surface area contributed by atoms with E-state index in [0.717, 1.165) is 0 Å². The molecule has 0 aliphatic rings. The first-order valence-corrected chi connectivity index (χ1v) is 7.45. The van der Waals surface area contributed by atoms with E-state index in [0.29, 0.717) is 26.2 Å². The van der Waals surface area contributed by atoms with E-state index >= 15 is 0 Å². The molecular weight excluding hydrogens is 308 g/mol. The summed E-state index contributed by atoms with van der Waals surface area (Å²) in [5.74, 6) is -0.704. The van der Waals surface area contributed by atoms with Crippen LogP contribution < -0.4 is 0 Å². The van der Waals surface area contributed by atoms with Crippen LogP contribution in [0.25, 0.3) is 0 Å². The van der Waals surface area contributed by atoms with E-state index in [1.807, 2.05) is 0 Å². The molecule has 0 rings (SSSR count). The van der Waals surface area contributed by atoms with Crippen molar-refractivity contribution in [2.24, 2.45) is 0 Å². The molecule has 132 valence electrons. The van der Waals surface area contributed by atoms with Crippen molar-refractivity contribution in [3.63, 3.8) is 0 Å². The summed E-state index contributed by atoms with van der Waals surface area (Å²) in [6, 6.07) is 0. The van der Waals surface area contributed by atoms with Crippen LogP contribution in [-0.4, -0.2) is 71.2 Å². The predicted molar refractivity (Wildman–Crippen MR) is 95.1 cm³/mol. The van der Waals surface area contributed by atoms with Crippen molar-refractivity contribution in [1.29, 1.82) is 0 Å². The fourth-order valence-corrected chi connectivity index (χ4v) is 1.78. The average Bonchev–Trinajstić information content (AvgIpc) is 2.60. The number of amides is 2. The minimum absolute atomic E-state index is 0.105. The molecule has 0 spiro atoms. The van der Waals surface area contributed by atoms with Gasteiger partial charge in [-0.15, -0.1) is 13.2 Å². The first-order valence-electron chi connectivity index (χ1n) is 7.45. The molecule has 0 aromatic heterocycles. The van der Waals surface area contributed by atoms with E-state index in [-0.39, 0.29) is 23.0 Å². The SMILES string of the molecule is C=CCN(C/C=C/CN(CC=C)C(=O)C(=C)CO)C(=O)C(=C)CO. The Labute approximate surface area is 143 Å². The van der Waals surface area contributed by atoms with Gasteiger partial charge in [-0.2, -0.15) is 0 Å². The molecule has 0 aromatic carbocycles. The van der Waals surface area contributed by atoms with E-state index in [9.17, 15) is 9.59 Å². The number of aliphatic hydroxyl groups is 2. The van der Waals surface area contributed by atoms with Crippen molar-refractivity contribution >= 4 is 11.8 Å². The number of nitrogens with zero attached hydrogens (tertiary/aromatic N) is 2. The number of carbonyl (C=O) groups excluding carboxylic acids is 2. The molecular formula is C18H26N2O4. The van der Waals surface area contributed by atoms with Crippen molar-refractivity contribution in [3.05, 3.63) is 61.8 Å². The van der Waals surface area contributed by atoms with E-state index in [2.05, 4.69) is 26.3 Å². The zero-order chi connectivity index (χ0) is 18.5. The summed E-state index contributed by atoms with van der Waals surface area (Å²) < 4.78 is 0. The lowest BCUT2D eigenvalue weighted by atomic mass is 10.2. The van der Waals surface area contributed by atoms with Crippen molar-refractivity contribution in [1.82, 2.24) is 9.80 Å². The molecule has 0 aromatic rings. The average molecular weight is 334 g/mol. The maximum atomic E-state index is 12.0. The molecule has 2 N–H and O–H groups in total. The van der Waals surface area contributed by atoms with E-state index in [1.54, 1.807) is 24.3 Å². The lowest BCUT2D eigenvalue weighted by Gasteiger charge is -2.21. The summed E-state index contributed by atoms with van der Waals surface area (Å²) in [6.07, 6.45) is 6.62.